The number of nitrogens with zero attached hydrogens (tertiary/aromatic N) is 3. The van der Waals surface area contributed by atoms with Crippen molar-refractivity contribution in [3.05, 3.63) is 17.5 Å². The van der Waals surface area contributed by atoms with Crippen LogP contribution in [0.15, 0.2) is 6.20 Å². The van der Waals surface area contributed by atoms with Gasteiger partial charge in [0.15, 0.2) is 0 Å². The molecule has 1 aromatic rings. The van der Waals surface area contributed by atoms with Crippen LogP contribution in [0.25, 0.3) is 0 Å². The van der Waals surface area contributed by atoms with Crippen molar-refractivity contribution in [2.24, 2.45) is 12.8 Å². The molecular weight excluding hydrogens is 212 g/mol. The molecule has 4 heteroatoms. The molecule has 4 nitrogen and oxygen atoms in total. The minimum absolute atomic E-state index is 0.233. The Morgan fingerprint density at radius 2 is 2.18 bits per heavy atom. The Kier molecular flexibility index (Phi) is 3.84. The van der Waals surface area contributed by atoms with Gasteiger partial charge in [-0.3, -0.25) is 9.58 Å². The zero-order valence-corrected chi connectivity index (χ0v) is 11.2. The zero-order chi connectivity index (χ0) is 12.4. The molecule has 1 aromatic heterocycles. The second kappa shape index (κ2) is 5.19. The lowest BCUT2D eigenvalue weighted by molar-refractivity contribution is 0.229. The summed E-state index contributed by atoms with van der Waals surface area (Å²) in [5.74, 6) is 0. The van der Waals surface area contributed by atoms with Crippen molar-refractivity contribution in [1.82, 2.24) is 14.7 Å². The van der Waals surface area contributed by atoms with Gasteiger partial charge in [0, 0.05) is 24.8 Å². The van der Waals surface area contributed by atoms with Crippen molar-refractivity contribution in [3.63, 3.8) is 0 Å². The van der Waals surface area contributed by atoms with Crippen LogP contribution in [-0.2, 0) is 13.5 Å². The Morgan fingerprint density at radius 3 is 2.88 bits per heavy atom. The van der Waals surface area contributed by atoms with Gasteiger partial charge in [-0.1, -0.05) is 13.3 Å². The molecule has 1 aliphatic heterocycles. The summed E-state index contributed by atoms with van der Waals surface area (Å²) in [6.07, 6.45) is 6.73. The number of likely N-dealkylation sites (N-methyl/N-ethyl adjacent to an activating group) is 1. The lowest BCUT2D eigenvalue weighted by Gasteiger charge is -2.30. The van der Waals surface area contributed by atoms with Gasteiger partial charge in [0.1, 0.15) is 0 Å². The van der Waals surface area contributed by atoms with Crippen molar-refractivity contribution in [2.45, 2.75) is 44.7 Å². The van der Waals surface area contributed by atoms with E-state index in [4.69, 9.17) is 5.73 Å². The zero-order valence-electron chi connectivity index (χ0n) is 11.2. The highest BCUT2D eigenvalue weighted by molar-refractivity contribution is 5.23. The van der Waals surface area contributed by atoms with Crippen LogP contribution in [0.4, 0.5) is 0 Å². The van der Waals surface area contributed by atoms with Crippen LogP contribution < -0.4 is 5.73 Å². The first kappa shape index (κ1) is 12.6. The quantitative estimate of drug-likeness (QED) is 0.846. The van der Waals surface area contributed by atoms with E-state index in [0.717, 1.165) is 19.4 Å². The first-order valence-corrected chi connectivity index (χ1v) is 6.61. The van der Waals surface area contributed by atoms with Crippen LogP contribution in [0.3, 0.4) is 0 Å². The third kappa shape index (κ3) is 2.53. The second-order valence-corrected chi connectivity index (χ2v) is 5.14. The van der Waals surface area contributed by atoms with Gasteiger partial charge in [-0.25, -0.2) is 0 Å². The van der Waals surface area contributed by atoms with Crippen LogP contribution in [0.1, 0.15) is 43.5 Å². The standard InChI is InChI=1S/C13H24N4/c1-4-12-10(9-17(3)15-12)13-11(14)7-5-6-8-16(13)2/h9,11,13H,4-8,14H2,1-3H3. The summed E-state index contributed by atoms with van der Waals surface area (Å²) in [4.78, 5) is 2.40. The average Bonchev–Trinajstić information content (AvgIpc) is 2.57. The molecule has 2 rings (SSSR count). The van der Waals surface area contributed by atoms with Crippen LogP contribution in [0.2, 0.25) is 0 Å². The van der Waals surface area contributed by atoms with Gasteiger partial charge in [-0.05, 0) is 32.9 Å². The highest BCUT2D eigenvalue weighted by Gasteiger charge is 2.29. The first-order valence-electron chi connectivity index (χ1n) is 6.61. The molecule has 96 valence electrons. The van der Waals surface area contributed by atoms with Gasteiger partial charge < -0.3 is 5.73 Å². The fourth-order valence-corrected chi connectivity index (χ4v) is 2.91. The van der Waals surface area contributed by atoms with Gasteiger partial charge in [0.25, 0.3) is 0 Å². The van der Waals surface area contributed by atoms with Gasteiger partial charge in [0.05, 0.1) is 11.7 Å². The fraction of sp³-hybridized carbons (Fsp3) is 0.769. The monoisotopic (exact) mass is 236 g/mol. The minimum atomic E-state index is 0.233. The summed E-state index contributed by atoms with van der Waals surface area (Å²) in [5.41, 5.74) is 8.88. The number of hydrogen-bond donors (Lipinski definition) is 1. The first-order chi connectivity index (χ1) is 8.13. The Balaban J connectivity index is 2.33. The maximum absolute atomic E-state index is 6.36. The number of aryl methyl sites for hydroxylation is 2. The summed E-state index contributed by atoms with van der Waals surface area (Å²) in [6, 6.07) is 0.568. The van der Waals surface area contributed by atoms with Gasteiger partial charge in [0.2, 0.25) is 0 Å². The molecule has 0 spiro atoms. The Labute approximate surface area is 104 Å². The maximum Gasteiger partial charge on any atom is 0.0670 e. The minimum Gasteiger partial charge on any atom is -0.326 e. The van der Waals surface area contributed by atoms with Crippen LogP contribution in [0.5, 0.6) is 0 Å². The molecular formula is C13H24N4. The molecule has 0 amide bonds. The molecule has 1 saturated heterocycles. The van der Waals surface area contributed by atoms with E-state index in [9.17, 15) is 0 Å². The average molecular weight is 236 g/mol. The van der Waals surface area contributed by atoms with Gasteiger partial charge in [-0.2, -0.15) is 5.10 Å². The predicted octanol–water partition coefficient (Wildman–Crippen LogP) is 1.47. The molecule has 0 radical (unpaired) electrons. The highest BCUT2D eigenvalue weighted by atomic mass is 15.3. The summed E-state index contributed by atoms with van der Waals surface area (Å²) in [6.45, 7) is 3.30. The van der Waals surface area contributed by atoms with Crippen LogP contribution in [0, 0.1) is 0 Å². The third-order valence-corrected chi connectivity index (χ3v) is 3.77. The molecule has 2 N–H and O–H groups in total. The summed E-state index contributed by atoms with van der Waals surface area (Å²) >= 11 is 0. The summed E-state index contributed by atoms with van der Waals surface area (Å²) in [5, 5.41) is 4.54. The molecule has 2 unspecified atom stereocenters. The van der Waals surface area contributed by atoms with E-state index in [1.807, 2.05) is 11.7 Å². The van der Waals surface area contributed by atoms with Crippen LogP contribution >= 0.6 is 0 Å². The Morgan fingerprint density at radius 1 is 1.41 bits per heavy atom. The van der Waals surface area contributed by atoms with Crippen molar-refractivity contribution in [3.8, 4) is 0 Å². The topological polar surface area (TPSA) is 47.1 Å². The van der Waals surface area contributed by atoms with E-state index in [0.29, 0.717) is 6.04 Å². The molecule has 0 saturated carbocycles. The summed E-state index contributed by atoms with van der Waals surface area (Å²) in [7, 11) is 4.17. The number of rotatable bonds is 2. The van der Waals surface area contributed by atoms with Gasteiger partial charge >= 0.3 is 0 Å². The predicted molar refractivity (Wildman–Crippen MR) is 69.8 cm³/mol. The maximum atomic E-state index is 6.36. The normalized spacial score (nSPS) is 27.1. The van der Waals surface area contributed by atoms with Crippen molar-refractivity contribution in [2.75, 3.05) is 13.6 Å². The molecule has 0 aliphatic carbocycles. The van der Waals surface area contributed by atoms with E-state index in [2.05, 4.69) is 30.2 Å². The van der Waals surface area contributed by atoms with Crippen LogP contribution in [-0.4, -0.2) is 34.3 Å². The van der Waals surface area contributed by atoms with E-state index < -0.39 is 0 Å². The Bertz CT molecular complexity index is 359. The van der Waals surface area contributed by atoms with Crippen molar-refractivity contribution >= 4 is 0 Å². The number of nitrogens with two attached hydrogens (primary N) is 1. The fourth-order valence-electron chi connectivity index (χ4n) is 2.91. The molecule has 2 heterocycles. The molecule has 0 aromatic carbocycles. The lowest BCUT2D eigenvalue weighted by atomic mass is 9.96. The number of likely N-dealkylation sites (tertiary alicyclic amines) is 1. The number of hydrogen-bond acceptors (Lipinski definition) is 3. The third-order valence-electron chi connectivity index (χ3n) is 3.77. The molecule has 1 fully saturated rings. The van der Waals surface area contributed by atoms with Crippen molar-refractivity contribution in [1.29, 1.82) is 0 Å². The van der Waals surface area contributed by atoms with Crippen molar-refractivity contribution < 1.29 is 0 Å². The van der Waals surface area contributed by atoms with E-state index in [-0.39, 0.29) is 6.04 Å². The van der Waals surface area contributed by atoms with E-state index in [1.165, 1.54) is 24.1 Å². The number of aromatic nitrogens is 2. The SMILES string of the molecule is CCc1nn(C)cc1C1C(N)CCCCN1C. The second-order valence-electron chi connectivity index (χ2n) is 5.14. The lowest BCUT2D eigenvalue weighted by Crippen LogP contribution is -2.37. The molecule has 17 heavy (non-hydrogen) atoms. The Hall–Kier alpha value is -0.870. The summed E-state index contributed by atoms with van der Waals surface area (Å²) < 4.78 is 1.92. The molecule has 0 bridgehead atoms. The molecule has 1 aliphatic rings. The van der Waals surface area contributed by atoms with E-state index in [1.54, 1.807) is 0 Å². The largest absolute Gasteiger partial charge is 0.326 e. The van der Waals surface area contributed by atoms with Gasteiger partial charge in [-0.15, -0.1) is 0 Å². The smallest absolute Gasteiger partial charge is 0.0670 e. The highest BCUT2D eigenvalue weighted by Crippen LogP contribution is 2.30. The molecule has 2 atom stereocenters. The van der Waals surface area contributed by atoms with E-state index >= 15 is 0 Å².